The molecule has 3 fully saturated rings. The fourth-order valence-corrected chi connectivity index (χ4v) is 6.11. The zero-order valence-electron chi connectivity index (χ0n) is 15.8. The Morgan fingerprint density at radius 3 is 2.37 bits per heavy atom. The van der Waals surface area contributed by atoms with Crippen molar-refractivity contribution in [3.63, 3.8) is 0 Å². The molecule has 2 bridgehead atoms. The van der Waals surface area contributed by atoms with E-state index in [-0.39, 0.29) is 29.2 Å². The first kappa shape index (κ1) is 17.0. The molecule has 4 aliphatic rings. The minimum atomic E-state index is -0.467. The standard InChI is InChI=1S/C21H27N3O3/c1-13(25)22-11-16-8-17(12-22)20(24-18(16)6-3-7-19(24)26)21(27)23-9-14-4-2-5-15(14)10-23/h3,6-7,14-17,20H,2,4-5,8-12H2,1H3/t14-,15+,16-,17+,20-/m1/s1. The van der Waals surface area contributed by atoms with E-state index in [2.05, 4.69) is 0 Å². The van der Waals surface area contributed by atoms with Crippen molar-refractivity contribution in [3.8, 4) is 0 Å². The van der Waals surface area contributed by atoms with Gasteiger partial charge in [0, 0.05) is 56.7 Å². The van der Waals surface area contributed by atoms with E-state index in [0.717, 1.165) is 25.2 Å². The van der Waals surface area contributed by atoms with E-state index in [1.54, 1.807) is 23.6 Å². The zero-order chi connectivity index (χ0) is 18.7. The highest BCUT2D eigenvalue weighted by Gasteiger charge is 2.47. The Morgan fingerprint density at radius 1 is 0.963 bits per heavy atom. The van der Waals surface area contributed by atoms with Crippen molar-refractivity contribution in [2.75, 3.05) is 26.2 Å². The summed E-state index contributed by atoms with van der Waals surface area (Å²) in [6, 6.07) is 4.84. The average Bonchev–Trinajstić information content (AvgIpc) is 3.24. The van der Waals surface area contributed by atoms with Crippen LogP contribution in [0.3, 0.4) is 0 Å². The molecule has 27 heavy (non-hydrogen) atoms. The fraction of sp³-hybridized carbons (Fsp3) is 0.667. The smallest absolute Gasteiger partial charge is 0.251 e. The monoisotopic (exact) mass is 369 g/mol. The molecule has 1 aliphatic carbocycles. The molecule has 5 rings (SSSR count). The molecular weight excluding hydrogens is 342 g/mol. The number of aromatic nitrogens is 1. The maximum Gasteiger partial charge on any atom is 0.251 e. The molecule has 1 aromatic heterocycles. The van der Waals surface area contributed by atoms with E-state index in [9.17, 15) is 14.4 Å². The second-order valence-corrected chi connectivity index (χ2v) is 8.91. The van der Waals surface area contributed by atoms with E-state index < -0.39 is 6.04 Å². The van der Waals surface area contributed by atoms with Gasteiger partial charge in [0.1, 0.15) is 6.04 Å². The van der Waals surface area contributed by atoms with Gasteiger partial charge in [-0.1, -0.05) is 12.5 Å². The molecule has 0 spiro atoms. The van der Waals surface area contributed by atoms with Crippen LogP contribution in [-0.4, -0.2) is 52.4 Å². The van der Waals surface area contributed by atoms with Crippen LogP contribution in [0.15, 0.2) is 23.0 Å². The Balaban J connectivity index is 1.52. The fourth-order valence-electron chi connectivity index (χ4n) is 6.11. The molecule has 6 heteroatoms. The molecule has 4 heterocycles. The largest absolute Gasteiger partial charge is 0.342 e. The second-order valence-electron chi connectivity index (χ2n) is 8.91. The third-order valence-corrected chi connectivity index (χ3v) is 7.38. The molecule has 0 unspecified atom stereocenters. The number of carbonyl (C=O) groups is 2. The normalized spacial score (nSPS) is 34.3. The van der Waals surface area contributed by atoms with Crippen LogP contribution in [0.1, 0.15) is 50.3 Å². The molecule has 144 valence electrons. The topological polar surface area (TPSA) is 62.6 Å². The van der Waals surface area contributed by atoms with E-state index in [1.807, 2.05) is 15.9 Å². The van der Waals surface area contributed by atoms with Gasteiger partial charge in [-0.15, -0.1) is 0 Å². The summed E-state index contributed by atoms with van der Waals surface area (Å²) in [4.78, 5) is 42.2. The van der Waals surface area contributed by atoms with Crippen LogP contribution in [0, 0.1) is 17.8 Å². The lowest BCUT2D eigenvalue weighted by Crippen LogP contribution is -2.54. The third kappa shape index (κ3) is 2.64. The minimum Gasteiger partial charge on any atom is -0.342 e. The summed E-state index contributed by atoms with van der Waals surface area (Å²) >= 11 is 0. The summed E-state index contributed by atoms with van der Waals surface area (Å²) < 4.78 is 1.76. The predicted octanol–water partition coefficient (Wildman–Crippen LogP) is 1.61. The highest BCUT2D eigenvalue weighted by atomic mass is 16.2. The van der Waals surface area contributed by atoms with E-state index in [0.29, 0.717) is 24.9 Å². The lowest BCUT2D eigenvalue weighted by Gasteiger charge is -2.46. The first-order chi connectivity index (χ1) is 13.0. The third-order valence-electron chi connectivity index (χ3n) is 7.38. The number of hydrogen-bond donors (Lipinski definition) is 0. The summed E-state index contributed by atoms with van der Waals surface area (Å²) in [6.45, 7) is 4.48. The van der Waals surface area contributed by atoms with E-state index in [1.165, 1.54) is 19.3 Å². The number of carbonyl (C=O) groups excluding carboxylic acids is 2. The van der Waals surface area contributed by atoms with Gasteiger partial charge in [-0.2, -0.15) is 0 Å². The summed E-state index contributed by atoms with van der Waals surface area (Å²) in [7, 11) is 0. The lowest BCUT2D eigenvalue weighted by molar-refractivity contribution is -0.141. The van der Waals surface area contributed by atoms with Crippen LogP contribution in [0.4, 0.5) is 0 Å². The van der Waals surface area contributed by atoms with Crippen LogP contribution in [0.2, 0.25) is 0 Å². The summed E-state index contributed by atoms with van der Waals surface area (Å²) in [5.74, 6) is 1.58. The van der Waals surface area contributed by atoms with Crippen LogP contribution in [-0.2, 0) is 9.59 Å². The lowest BCUT2D eigenvalue weighted by atomic mass is 9.78. The van der Waals surface area contributed by atoms with E-state index in [4.69, 9.17) is 0 Å². The molecule has 0 N–H and O–H groups in total. The molecule has 5 atom stereocenters. The van der Waals surface area contributed by atoms with Crippen molar-refractivity contribution in [3.05, 3.63) is 34.2 Å². The van der Waals surface area contributed by atoms with Crippen molar-refractivity contribution < 1.29 is 9.59 Å². The molecule has 3 aliphatic heterocycles. The van der Waals surface area contributed by atoms with Gasteiger partial charge in [-0.25, -0.2) is 0 Å². The van der Waals surface area contributed by atoms with Crippen molar-refractivity contribution in [1.29, 1.82) is 0 Å². The van der Waals surface area contributed by atoms with Gasteiger partial charge in [-0.05, 0) is 37.2 Å². The summed E-state index contributed by atoms with van der Waals surface area (Å²) in [5, 5.41) is 0. The van der Waals surface area contributed by atoms with Gasteiger partial charge in [-0.3, -0.25) is 19.0 Å². The molecule has 1 aromatic rings. The molecule has 1 saturated carbocycles. The van der Waals surface area contributed by atoms with Crippen LogP contribution < -0.4 is 5.56 Å². The summed E-state index contributed by atoms with van der Waals surface area (Å²) in [6.07, 6.45) is 4.60. The van der Waals surface area contributed by atoms with Crippen molar-refractivity contribution in [2.24, 2.45) is 17.8 Å². The van der Waals surface area contributed by atoms with Crippen LogP contribution in [0.5, 0.6) is 0 Å². The zero-order valence-corrected chi connectivity index (χ0v) is 15.8. The predicted molar refractivity (Wildman–Crippen MR) is 100 cm³/mol. The maximum absolute atomic E-state index is 13.6. The van der Waals surface area contributed by atoms with Crippen LogP contribution in [0.25, 0.3) is 0 Å². The van der Waals surface area contributed by atoms with Crippen molar-refractivity contribution >= 4 is 11.8 Å². The van der Waals surface area contributed by atoms with Crippen molar-refractivity contribution in [2.45, 2.75) is 44.6 Å². The van der Waals surface area contributed by atoms with Gasteiger partial charge in [0.15, 0.2) is 0 Å². The van der Waals surface area contributed by atoms with Crippen molar-refractivity contribution in [1.82, 2.24) is 14.4 Å². The van der Waals surface area contributed by atoms with Gasteiger partial charge >= 0.3 is 0 Å². The van der Waals surface area contributed by atoms with Gasteiger partial charge in [0.2, 0.25) is 11.8 Å². The quantitative estimate of drug-likeness (QED) is 0.756. The van der Waals surface area contributed by atoms with E-state index >= 15 is 0 Å². The average molecular weight is 369 g/mol. The Labute approximate surface area is 159 Å². The molecule has 6 nitrogen and oxygen atoms in total. The SMILES string of the molecule is CC(=O)N1C[C@H]2C[C@@H](C1)[C@H](C(=O)N1C[C@H]3CCC[C@H]3C1)n1c2cccc1=O. The van der Waals surface area contributed by atoms with Gasteiger partial charge < -0.3 is 9.80 Å². The number of amides is 2. The van der Waals surface area contributed by atoms with Gasteiger partial charge in [0.25, 0.3) is 5.56 Å². The summed E-state index contributed by atoms with van der Waals surface area (Å²) in [5.41, 5.74) is 0.832. The molecule has 0 radical (unpaired) electrons. The van der Waals surface area contributed by atoms with Crippen LogP contribution >= 0.6 is 0 Å². The molecular formula is C21H27N3O3. The molecule has 2 saturated heterocycles. The van der Waals surface area contributed by atoms with Gasteiger partial charge in [0.05, 0.1) is 0 Å². The molecule has 0 aromatic carbocycles. The number of likely N-dealkylation sites (tertiary alicyclic amines) is 2. The highest BCUT2D eigenvalue weighted by Crippen LogP contribution is 2.44. The second kappa shape index (κ2) is 6.21. The number of pyridine rings is 1. The minimum absolute atomic E-state index is 0.0215. The number of nitrogens with zero attached hydrogens (tertiary/aromatic N) is 3. The highest BCUT2D eigenvalue weighted by molar-refractivity contribution is 5.82. The number of piperidine rings is 1. The Morgan fingerprint density at radius 2 is 1.67 bits per heavy atom. The number of rotatable bonds is 1. The maximum atomic E-state index is 13.6. The first-order valence-corrected chi connectivity index (χ1v) is 10.3. The number of hydrogen-bond acceptors (Lipinski definition) is 3. The molecule has 2 amide bonds. The Hall–Kier alpha value is -2.11. The Bertz CT molecular complexity index is 835. The Kier molecular flexibility index (Phi) is 3.92. The first-order valence-electron chi connectivity index (χ1n) is 10.3. The number of fused-ring (bicyclic) bond motifs is 5.